The van der Waals surface area contributed by atoms with Crippen molar-refractivity contribution in [2.45, 2.75) is 124 Å². The van der Waals surface area contributed by atoms with Crippen LogP contribution in [-0.2, 0) is 16.2 Å². The van der Waals surface area contributed by atoms with Gasteiger partial charge in [0.25, 0.3) is 0 Å². The molecule has 2 heteroatoms. The lowest BCUT2D eigenvalue weighted by molar-refractivity contribution is 0.399. The molecule has 2 unspecified atom stereocenters. The van der Waals surface area contributed by atoms with Crippen LogP contribution in [0.25, 0.3) is 34.4 Å². The molecule has 50 heavy (non-hydrogen) atoms. The monoisotopic (exact) mass is 680 g/mol. The Hall–Kier alpha value is -3.62. The van der Waals surface area contributed by atoms with E-state index in [0.717, 1.165) is 5.75 Å². The predicted molar refractivity (Wildman–Crippen MR) is 221 cm³/mol. The molecule has 0 fully saturated rings. The summed E-state index contributed by atoms with van der Waals surface area (Å²) in [5, 5.41) is 0. The summed E-state index contributed by atoms with van der Waals surface area (Å²) in [4.78, 5) is 0. The number of rotatable bonds is 5. The number of hydrogen-bond donors (Lipinski definition) is 0. The molecule has 0 saturated heterocycles. The standard InChI is InChI=1S/C48H60OSi/c1-29-21-22-36(33-25-34(46(4,5)6)27-35(26-33)47(7,8)9)42-37(29)23-31(3)45(42)50(14,15)44-30(2)24-38-39(44)28-40(48(10,11)12)43(49-13)41(38)32-19-17-16-18-20-32/h16-28,44-45H,1-15H3. The third-order valence-electron chi connectivity index (χ3n) is 11.7. The van der Waals surface area contributed by atoms with Crippen molar-refractivity contribution in [1.29, 1.82) is 0 Å². The summed E-state index contributed by atoms with van der Waals surface area (Å²) >= 11 is 0. The van der Waals surface area contributed by atoms with Crippen LogP contribution in [0.3, 0.4) is 0 Å². The fourth-order valence-corrected chi connectivity index (χ4v) is 14.1. The molecule has 4 aromatic carbocycles. The van der Waals surface area contributed by atoms with Gasteiger partial charge in [0.15, 0.2) is 0 Å². The van der Waals surface area contributed by atoms with Gasteiger partial charge in [0.05, 0.1) is 15.2 Å². The van der Waals surface area contributed by atoms with Crippen molar-refractivity contribution in [3.63, 3.8) is 0 Å². The molecule has 262 valence electrons. The SMILES string of the molecule is COc1c(C(C)(C)C)cc2c(c1-c1ccccc1)C=C(C)C2[Si](C)(C)C1C(C)=Cc2c(C)ccc(-c3cc(C(C)(C)C)cc(C(C)(C)C)c3)c21. The summed E-state index contributed by atoms with van der Waals surface area (Å²) < 4.78 is 6.32. The molecular weight excluding hydrogens is 621 g/mol. The average Bonchev–Trinajstić information content (AvgIpc) is 3.56. The highest BCUT2D eigenvalue weighted by atomic mass is 28.3. The largest absolute Gasteiger partial charge is 0.496 e. The first-order valence-electron chi connectivity index (χ1n) is 18.6. The van der Waals surface area contributed by atoms with E-state index in [1.807, 2.05) is 7.11 Å². The molecule has 0 heterocycles. The van der Waals surface area contributed by atoms with Crippen LogP contribution in [-0.4, -0.2) is 15.2 Å². The van der Waals surface area contributed by atoms with Crippen LogP contribution in [0.4, 0.5) is 0 Å². The molecule has 0 N–H and O–H groups in total. The molecule has 0 spiro atoms. The van der Waals surface area contributed by atoms with E-state index in [4.69, 9.17) is 4.74 Å². The van der Waals surface area contributed by atoms with Gasteiger partial charge < -0.3 is 4.74 Å². The van der Waals surface area contributed by atoms with Gasteiger partial charge in [-0.2, -0.15) is 0 Å². The van der Waals surface area contributed by atoms with Gasteiger partial charge in [-0.1, -0.05) is 165 Å². The van der Waals surface area contributed by atoms with E-state index < -0.39 is 8.07 Å². The minimum atomic E-state index is -2.16. The second-order valence-corrected chi connectivity index (χ2v) is 23.8. The van der Waals surface area contributed by atoms with Gasteiger partial charge >= 0.3 is 0 Å². The molecule has 2 atom stereocenters. The molecule has 0 radical (unpaired) electrons. The van der Waals surface area contributed by atoms with Crippen molar-refractivity contribution >= 4 is 20.2 Å². The van der Waals surface area contributed by atoms with E-state index in [-0.39, 0.29) is 16.2 Å². The van der Waals surface area contributed by atoms with E-state index in [1.165, 1.54) is 72.3 Å². The maximum absolute atomic E-state index is 6.32. The smallest absolute Gasteiger partial charge is 0.131 e. The first-order valence-corrected chi connectivity index (χ1v) is 21.8. The predicted octanol–water partition coefficient (Wildman–Crippen LogP) is 13.7. The normalized spacial score (nSPS) is 17.7. The van der Waals surface area contributed by atoms with Gasteiger partial charge in [-0.05, 0) is 92.7 Å². The highest BCUT2D eigenvalue weighted by Crippen LogP contribution is 2.57. The van der Waals surface area contributed by atoms with Gasteiger partial charge in [0, 0.05) is 22.2 Å². The fourth-order valence-electron chi connectivity index (χ4n) is 9.11. The highest BCUT2D eigenvalue weighted by Gasteiger charge is 2.49. The Morgan fingerprint density at radius 3 is 1.70 bits per heavy atom. The molecule has 4 aromatic rings. The van der Waals surface area contributed by atoms with Crippen LogP contribution >= 0.6 is 0 Å². The van der Waals surface area contributed by atoms with Crippen molar-refractivity contribution in [2.75, 3.05) is 7.11 Å². The van der Waals surface area contributed by atoms with Crippen molar-refractivity contribution in [1.82, 2.24) is 0 Å². The Morgan fingerprint density at radius 2 is 1.16 bits per heavy atom. The second kappa shape index (κ2) is 12.3. The summed E-state index contributed by atoms with van der Waals surface area (Å²) in [6, 6.07) is 25.7. The summed E-state index contributed by atoms with van der Waals surface area (Å²) in [5.74, 6) is 1.01. The number of methoxy groups -OCH3 is 1. The van der Waals surface area contributed by atoms with E-state index in [2.05, 4.69) is 175 Å². The first kappa shape index (κ1) is 36.2. The molecule has 0 saturated carbocycles. The van der Waals surface area contributed by atoms with Gasteiger partial charge in [-0.3, -0.25) is 0 Å². The minimum Gasteiger partial charge on any atom is -0.496 e. The molecule has 1 nitrogen and oxygen atoms in total. The van der Waals surface area contributed by atoms with Gasteiger partial charge in [-0.25, -0.2) is 0 Å². The van der Waals surface area contributed by atoms with Gasteiger partial charge in [-0.15, -0.1) is 0 Å². The molecule has 0 aliphatic heterocycles. The topological polar surface area (TPSA) is 9.23 Å². The van der Waals surface area contributed by atoms with Crippen LogP contribution in [0.5, 0.6) is 5.75 Å². The molecule has 0 aromatic heterocycles. The van der Waals surface area contributed by atoms with Crippen LogP contribution in [0, 0.1) is 6.92 Å². The zero-order valence-electron chi connectivity index (χ0n) is 33.6. The van der Waals surface area contributed by atoms with Crippen LogP contribution in [0.2, 0.25) is 13.1 Å². The second-order valence-electron chi connectivity index (χ2n) is 19.0. The maximum Gasteiger partial charge on any atom is 0.131 e. The molecular formula is C48H60OSi. The lowest BCUT2D eigenvalue weighted by atomic mass is 9.78. The molecule has 0 bridgehead atoms. The number of fused-ring (bicyclic) bond motifs is 2. The Labute approximate surface area is 304 Å². The van der Waals surface area contributed by atoms with E-state index in [0.29, 0.717) is 11.1 Å². The maximum atomic E-state index is 6.32. The van der Waals surface area contributed by atoms with Crippen molar-refractivity contribution in [2.24, 2.45) is 0 Å². The van der Waals surface area contributed by atoms with Crippen LogP contribution < -0.4 is 4.74 Å². The van der Waals surface area contributed by atoms with Crippen LogP contribution in [0.1, 0.15) is 132 Å². The fraction of sp³-hybridized carbons (Fsp3) is 0.417. The third kappa shape index (κ3) is 6.06. The van der Waals surface area contributed by atoms with Crippen LogP contribution in [0.15, 0.2) is 77.9 Å². The first-order chi connectivity index (χ1) is 23.2. The number of aryl methyl sites for hydroxylation is 1. The summed E-state index contributed by atoms with van der Waals surface area (Å²) in [5.41, 5.74) is 20.4. The Balaban J connectivity index is 1.60. The van der Waals surface area contributed by atoms with Crippen molar-refractivity contribution in [3.8, 4) is 28.0 Å². The van der Waals surface area contributed by atoms with E-state index in [9.17, 15) is 0 Å². The van der Waals surface area contributed by atoms with Crippen molar-refractivity contribution < 1.29 is 4.74 Å². The summed E-state index contributed by atoms with van der Waals surface area (Å²) in [6.07, 6.45) is 5.03. The average molecular weight is 681 g/mol. The summed E-state index contributed by atoms with van der Waals surface area (Å²) in [7, 11) is -0.319. The van der Waals surface area contributed by atoms with Gasteiger partial charge in [0.1, 0.15) is 5.75 Å². The number of benzene rings is 4. The number of allylic oxidation sites excluding steroid dienone is 2. The minimum absolute atomic E-state index is 0.0587. The zero-order chi connectivity index (χ0) is 36.7. The Morgan fingerprint density at radius 1 is 0.600 bits per heavy atom. The lowest BCUT2D eigenvalue weighted by Gasteiger charge is -2.40. The van der Waals surface area contributed by atoms with Gasteiger partial charge in [0.2, 0.25) is 0 Å². The zero-order valence-corrected chi connectivity index (χ0v) is 34.6. The van der Waals surface area contributed by atoms with E-state index in [1.54, 1.807) is 5.56 Å². The van der Waals surface area contributed by atoms with Crippen molar-refractivity contribution in [3.05, 3.63) is 122 Å². The number of ether oxygens (including phenoxy) is 1. The summed E-state index contributed by atoms with van der Waals surface area (Å²) in [6.45, 7) is 33.5. The molecule has 0 amide bonds. The third-order valence-corrected chi connectivity index (χ3v) is 16.1. The number of hydrogen-bond acceptors (Lipinski definition) is 1. The quantitative estimate of drug-likeness (QED) is 0.191. The Bertz CT molecular complexity index is 2000. The Kier molecular flexibility index (Phi) is 8.87. The highest BCUT2D eigenvalue weighted by molar-refractivity contribution is 6.82. The molecule has 6 rings (SSSR count). The molecule has 2 aliphatic rings. The molecule has 2 aliphatic carbocycles. The lowest BCUT2D eigenvalue weighted by Crippen LogP contribution is -2.42. The van der Waals surface area contributed by atoms with E-state index >= 15 is 0 Å².